The maximum Gasteiger partial charge on any atom is 0.220 e. The summed E-state index contributed by atoms with van der Waals surface area (Å²) in [6.07, 6.45) is 5.45. The third kappa shape index (κ3) is 7.68. The van der Waals surface area contributed by atoms with Crippen molar-refractivity contribution in [3.8, 4) is 0 Å². The van der Waals surface area contributed by atoms with Crippen LogP contribution >= 0.6 is 24.0 Å². The number of halogens is 1. The van der Waals surface area contributed by atoms with Gasteiger partial charge in [-0.3, -0.25) is 9.79 Å². The number of rotatable bonds is 5. The molecular formula is C18H36IN5O. The third-order valence-electron chi connectivity index (χ3n) is 5.47. The highest BCUT2D eigenvalue weighted by Crippen LogP contribution is 2.20. The normalized spacial score (nSPS) is 20.9. The van der Waals surface area contributed by atoms with Crippen molar-refractivity contribution in [2.24, 2.45) is 16.8 Å². The molecule has 0 saturated carbocycles. The monoisotopic (exact) mass is 465 g/mol. The van der Waals surface area contributed by atoms with Crippen LogP contribution < -0.4 is 10.6 Å². The molecule has 2 aliphatic rings. The zero-order valence-corrected chi connectivity index (χ0v) is 18.4. The van der Waals surface area contributed by atoms with Crippen molar-refractivity contribution in [3.05, 3.63) is 0 Å². The number of guanidine groups is 1. The van der Waals surface area contributed by atoms with Crippen molar-refractivity contribution in [2.45, 2.75) is 39.0 Å². The van der Waals surface area contributed by atoms with Gasteiger partial charge in [0, 0.05) is 46.7 Å². The first-order valence-corrected chi connectivity index (χ1v) is 9.51. The molecule has 0 aromatic carbocycles. The fraction of sp³-hybridized carbons (Fsp3) is 0.889. The highest BCUT2D eigenvalue weighted by molar-refractivity contribution is 14.0. The summed E-state index contributed by atoms with van der Waals surface area (Å²) >= 11 is 0. The first-order valence-electron chi connectivity index (χ1n) is 9.51. The largest absolute Gasteiger partial charge is 0.359 e. The number of nitrogens with zero attached hydrogens (tertiary/aromatic N) is 3. The molecule has 2 aliphatic heterocycles. The molecule has 0 atom stereocenters. The summed E-state index contributed by atoms with van der Waals surface area (Å²) in [6, 6.07) is 0. The summed E-state index contributed by atoms with van der Waals surface area (Å²) in [5.74, 6) is 2.57. The highest BCUT2D eigenvalue weighted by atomic mass is 127. The molecule has 2 saturated heterocycles. The van der Waals surface area contributed by atoms with Crippen molar-refractivity contribution >= 4 is 35.8 Å². The lowest BCUT2D eigenvalue weighted by molar-refractivity contribution is -0.121. The molecule has 7 heteroatoms. The predicted octanol–water partition coefficient (Wildman–Crippen LogP) is 1.76. The van der Waals surface area contributed by atoms with E-state index >= 15 is 0 Å². The Balaban J connectivity index is 0.00000312. The Morgan fingerprint density at radius 1 is 1.12 bits per heavy atom. The molecule has 2 N–H and O–H groups in total. The van der Waals surface area contributed by atoms with Crippen LogP contribution in [0.25, 0.3) is 0 Å². The molecule has 1 amide bonds. The van der Waals surface area contributed by atoms with Crippen molar-refractivity contribution in [1.82, 2.24) is 20.4 Å². The van der Waals surface area contributed by atoms with Gasteiger partial charge in [-0.25, -0.2) is 0 Å². The Hall–Kier alpha value is -0.570. The smallest absolute Gasteiger partial charge is 0.220 e. The Morgan fingerprint density at radius 3 is 2.32 bits per heavy atom. The van der Waals surface area contributed by atoms with Crippen LogP contribution in [-0.2, 0) is 4.79 Å². The van der Waals surface area contributed by atoms with E-state index in [-0.39, 0.29) is 29.9 Å². The van der Waals surface area contributed by atoms with Crippen molar-refractivity contribution < 1.29 is 4.79 Å². The molecule has 0 unspecified atom stereocenters. The number of hydrogen-bond acceptors (Lipinski definition) is 3. The van der Waals surface area contributed by atoms with Gasteiger partial charge in [0.15, 0.2) is 5.96 Å². The van der Waals surface area contributed by atoms with Crippen LogP contribution in [-0.4, -0.2) is 75.0 Å². The average Bonchev–Trinajstić information content (AvgIpc) is 2.61. The van der Waals surface area contributed by atoms with Gasteiger partial charge >= 0.3 is 0 Å². The van der Waals surface area contributed by atoms with E-state index in [1.807, 2.05) is 7.05 Å². The molecule has 25 heavy (non-hydrogen) atoms. The van der Waals surface area contributed by atoms with Crippen LogP contribution in [0.2, 0.25) is 0 Å². The van der Waals surface area contributed by atoms with Crippen LogP contribution in [0, 0.1) is 11.8 Å². The molecule has 2 rings (SSSR count). The third-order valence-corrected chi connectivity index (χ3v) is 5.47. The van der Waals surface area contributed by atoms with Crippen LogP contribution in [0.3, 0.4) is 0 Å². The maximum absolute atomic E-state index is 11.5. The number of carbonyl (C=O) groups excluding carboxylic acids is 1. The molecule has 0 aliphatic carbocycles. The molecular weight excluding hydrogens is 429 g/mol. The van der Waals surface area contributed by atoms with Gasteiger partial charge in [0.05, 0.1) is 0 Å². The summed E-state index contributed by atoms with van der Waals surface area (Å²) in [7, 11) is 3.58. The van der Waals surface area contributed by atoms with Gasteiger partial charge in [-0.2, -0.15) is 0 Å². The first-order chi connectivity index (χ1) is 11.6. The van der Waals surface area contributed by atoms with Crippen LogP contribution in [0.4, 0.5) is 0 Å². The topological polar surface area (TPSA) is 60.0 Å². The zero-order chi connectivity index (χ0) is 17.4. The number of carbonyl (C=O) groups is 1. The quantitative estimate of drug-likeness (QED) is 0.369. The van der Waals surface area contributed by atoms with E-state index in [1.165, 1.54) is 25.9 Å². The fourth-order valence-electron chi connectivity index (χ4n) is 3.66. The summed E-state index contributed by atoms with van der Waals surface area (Å²) in [5.41, 5.74) is 0. The average molecular weight is 465 g/mol. The standard InChI is InChI=1S/C18H35N5O.HI/c1-15-4-9-22(10-5-15)13-8-21-18(20-3)23-11-6-16(7-12-23)14-17(24)19-2;/h15-16H,4-14H2,1-3H3,(H,19,24)(H,20,21);1H. The minimum Gasteiger partial charge on any atom is -0.359 e. The number of likely N-dealkylation sites (tertiary alicyclic amines) is 2. The lowest BCUT2D eigenvalue weighted by atomic mass is 9.93. The van der Waals surface area contributed by atoms with Crippen molar-refractivity contribution in [3.63, 3.8) is 0 Å². The molecule has 2 heterocycles. The number of hydrogen-bond donors (Lipinski definition) is 2. The van der Waals surface area contributed by atoms with Gasteiger partial charge < -0.3 is 20.4 Å². The summed E-state index contributed by atoms with van der Waals surface area (Å²) in [5, 5.41) is 6.25. The molecule has 0 aromatic heterocycles. The van der Waals surface area contributed by atoms with Gasteiger partial charge in [-0.15, -0.1) is 24.0 Å². The van der Waals surface area contributed by atoms with E-state index in [1.54, 1.807) is 7.05 Å². The Bertz CT molecular complexity index is 416. The van der Waals surface area contributed by atoms with E-state index in [4.69, 9.17) is 0 Å². The number of nitrogens with one attached hydrogen (secondary N) is 2. The summed E-state index contributed by atoms with van der Waals surface area (Å²) in [4.78, 5) is 20.8. The maximum atomic E-state index is 11.5. The molecule has 2 fully saturated rings. The summed E-state index contributed by atoms with van der Waals surface area (Å²) in [6.45, 7) is 8.84. The first kappa shape index (κ1) is 22.5. The second kappa shape index (κ2) is 11.9. The molecule has 0 aromatic rings. The number of aliphatic imine (C=N–C) groups is 1. The molecule has 0 spiro atoms. The van der Waals surface area contributed by atoms with E-state index < -0.39 is 0 Å². The minimum atomic E-state index is 0. The second-order valence-corrected chi connectivity index (χ2v) is 7.31. The molecule has 146 valence electrons. The Labute approximate surface area is 170 Å². The SMILES string of the molecule is CN=C(NCCN1CCC(C)CC1)N1CCC(CC(=O)NC)CC1.I. The van der Waals surface area contributed by atoms with Crippen molar-refractivity contribution in [2.75, 3.05) is 53.4 Å². The molecule has 6 nitrogen and oxygen atoms in total. The Morgan fingerprint density at radius 2 is 1.76 bits per heavy atom. The summed E-state index contributed by atoms with van der Waals surface area (Å²) < 4.78 is 0. The number of piperidine rings is 2. The lowest BCUT2D eigenvalue weighted by Gasteiger charge is -2.35. The van der Waals surface area contributed by atoms with Gasteiger partial charge in [0.2, 0.25) is 5.91 Å². The molecule has 0 bridgehead atoms. The van der Waals surface area contributed by atoms with Crippen molar-refractivity contribution in [1.29, 1.82) is 0 Å². The number of amides is 1. The zero-order valence-electron chi connectivity index (χ0n) is 16.1. The Kier molecular flexibility index (Phi) is 10.7. The van der Waals surface area contributed by atoms with Gasteiger partial charge in [0.25, 0.3) is 0 Å². The van der Waals surface area contributed by atoms with Gasteiger partial charge in [0.1, 0.15) is 0 Å². The van der Waals surface area contributed by atoms with E-state index in [0.29, 0.717) is 12.3 Å². The van der Waals surface area contributed by atoms with Gasteiger partial charge in [-0.1, -0.05) is 6.92 Å². The predicted molar refractivity (Wildman–Crippen MR) is 115 cm³/mol. The minimum absolute atomic E-state index is 0. The molecule has 0 radical (unpaired) electrons. The second-order valence-electron chi connectivity index (χ2n) is 7.31. The van der Waals surface area contributed by atoms with E-state index in [9.17, 15) is 4.79 Å². The van der Waals surface area contributed by atoms with Gasteiger partial charge in [-0.05, 0) is 50.6 Å². The van der Waals surface area contributed by atoms with Crippen LogP contribution in [0.15, 0.2) is 4.99 Å². The lowest BCUT2D eigenvalue weighted by Crippen LogP contribution is -2.48. The van der Waals surface area contributed by atoms with E-state index in [2.05, 4.69) is 32.3 Å². The van der Waals surface area contributed by atoms with E-state index in [0.717, 1.165) is 50.9 Å². The van der Waals surface area contributed by atoms with Crippen LogP contribution in [0.1, 0.15) is 39.0 Å². The fourth-order valence-corrected chi connectivity index (χ4v) is 3.66. The highest BCUT2D eigenvalue weighted by Gasteiger charge is 2.23. The van der Waals surface area contributed by atoms with Crippen LogP contribution in [0.5, 0.6) is 0 Å².